The van der Waals surface area contributed by atoms with Crippen LogP contribution in [-0.4, -0.2) is 34.3 Å². The number of rotatable bonds is 7. The summed E-state index contributed by atoms with van der Waals surface area (Å²) in [7, 11) is -6.53. The van der Waals surface area contributed by atoms with Crippen LogP contribution in [-0.2, 0) is 32.0 Å². The number of fused-ring (bicyclic) bond motifs is 1. The topological polar surface area (TPSA) is 93.2 Å². The van der Waals surface area contributed by atoms with Crippen molar-refractivity contribution in [2.24, 2.45) is 0 Å². The fraction of sp³-hybridized carbons (Fsp3) is 0.160. The van der Waals surface area contributed by atoms with Crippen molar-refractivity contribution in [3.05, 3.63) is 89.9 Å². The third-order valence-electron chi connectivity index (χ3n) is 5.32. The second-order valence-corrected chi connectivity index (χ2v) is 12.4. The number of anilines is 1. The molecule has 0 aliphatic carbocycles. The molecule has 0 fully saturated rings. The maximum absolute atomic E-state index is 14.6. The van der Waals surface area contributed by atoms with E-state index in [4.69, 9.17) is 0 Å². The summed E-state index contributed by atoms with van der Waals surface area (Å²) < 4.78 is 61.6. The van der Waals surface area contributed by atoms with Gasteiger partial charge in [0, 0.05) is 47.5 Å². The molecule has 0 unspecified atom stereocenters. The van der Waals surface area contributed by atoms with Crippen LogP contribution in [0.3, 0.4) is 0 Å². The molecule has 0 spiro atoms. The van der Waals surface area contributed by atoms with Gasteiger partial charge in [-0.3, -0.25) is 4.98 Å². The van der Waals surface area contributed by atoms with Gasteiger partial charge < -0.3 is 5.32 Å². The minimum absolute atomic E-state index is 0.107. The van der Waals surface area contributed by atoms with Crippen molar-refractivity contribution in [1.29, 1.82) is 0 Å². The van der Waals surface area contributed by atoms with E-state index in [0.717, 1.165) is 17.2 Å². The number of hydrogen-bond donors (Lipinski definition) is 1. The predicted molar refractivity (Wildman–Crippen MR) is 133 cm³/mol. The van der Waals surface area contributed by atoms with E-state index >= 15 is 0 Å². The van der Waals surface area contributed by atoms with Crippen molar-refractivity contribution < 1.29 is 21.2 Å². The van der Waals surface area contributed by atoms with Crippen LogP contribution in [0.1, 0.15) is 11.1 Å². The number of sulfone groups is 2. The Morgan fingerprint density at radius 3 is 2.32 bits per heavy atom. The quantitative estimate of drug-likeness (QED) is 0.400. The Morgan fingerprint density at radius 1 is 0.912 bits per heavy atom. The average Bonchev–Trinajstić information content (AvgIpc) is 2.76. The van der Waals surface area contributed by atoms with E-state index in [1.54, 1.807) is 48.7 Å². The Balaban J connectivity index is 1.68. The molecule has 1 aromatic heterocycles. The molecule has 6 nitrogen and oxygen atoms in total. The third-order valence-corrected chi connectivity index (χ3v) is 7.30. The Hall–Kier alpha value is -3.30. The van der Waals surface area contributed by atoms with E-state index in [1.807, 2.05) is 6.07 Å². The van der Waals surface area contributed by atoms with Gasteiger partial charge in [0.2, 0.25) is 0 Å². The molecule has 1 heterocycles. The molecular weight excluding hydrogens is 475 g/mol. The molecule has 4 aromatic rings. The molecule has 0 saturated carbocycles. The highest BCUT2D eigenvalue weighted by Gasteiger charge is 2.13. The zero-order valence-electron chi connectivity index (χ0n) is 18.6. The van der Waals surface area contributed by atoms with Crippen molar-refractivity contribution in [2.45, 2.75) is 17.2 Å². The van der Waals surface area contributed by atoms with E-state index < -0.39 is 25.5 Å². The van der Waals surface area contributed by atoms with Crippen molar-refractivity contribution in [1.82, 2.24) is 4.98 Å². The predicted octanol–water partition coefficient (Wildman–Crippen LogP) is 4.60. The first-order valence-corrected chi connectivity index (χ1v) is 14.3. The number of pyridine rings is 1. The lowest BCUT2D eigenvalue weighted by Crippen LogP contribution is -2.04. The average molecular weight is 499 g/mol. The number of nitrogens with one attached hydrogen (secondary N) is 1. The molecule has 9 heteroatoms. The molecule has 1 N–H and O–H groups in total. The summed E-state index contributed by atoms with van der Waals surface area (Å²) >= 11 is 0. The van der Waals surface area contributed by atoms with Gasteiger partial charge in [-0.15, -0.1) is 0 Å². The van der Waals surface area contributed by atoms with Gasteiger partial charge in [-0.25, -0.2) is 21.2 Å². The lowest BCUT2D eigenvalue weighted by atomic mass is 9.97. The maximum Gasteiger partial charge on any atom is 0.175 e. The normalized spacial score (nSPS) is 12.1. The van der Waals surface area contributed by atoms with Gasteiger partial charge in [0.1, 0.15) is 5.82 Å². The summed E-state index contributed by atoms with van der Waals surface area (Å²) in [5.74, 6) is -0.502. The molecule has 0 bridgehead atoms. The van der Waals surface area contributed by atoms with Gasteiger partial charge in [0.05, 0.1) is 16.2 Å². The van der Waals surface area contributed by atoms with E-state index in [-0.39, 0.29) is 17.2 Å². The molecule has 0 atom stereocenters. The highest BCUT2D eigenvalue weighted by Crippen LogP contribution is 2.31. The molecular formula is C25H23FN2O4S2. The number of nitrogens with zero attached hydrogens (tertiary/aromatic N) is 1. The van der Waals surface area contributed by atoms with Crippen LogP contribution in [0.15, 0.2) is 77.8 Å². The monoisotopic (exact) mass is 498 g/mol. The van der Waals surface area contributed by atoms with Crippen molar-refractivity contribution >= 4 is 36.3 Å². The number of benzene rings is 3. The first kappa shape index (κ1) is 23.8. The smallest absolute Gasteiger partial charge is 0.175 e. The minimum atomic E-state index is -3.29. The van der Waals surface area contributed by atoms with E-state index in [1.165, 1.54) is 24.5 Å². The molecule has 0 amide bonds. The lowest BCUT2D eigenvalue weighted by Gasteiger charge is -2.13. The largest absolute Gasteiger partial charge is 0.381 e. The highest BCUT2D eigenvalue weighted by atomic mass is 32.2. The summed E-state index contributed by atoms with van der Waals surface area (Å²) in [6.07, 6.45) is 3.98. The zero-order chi connectivity index (χ0) is 24.5. The third kappa shape index (κ3) is 5.60. The molecule has 3 aromatic carbocycles. The van der Waals surface area contributed by atoms with Gasteiger partial charge >= 0.3 is 0 Å². The molecule has 0 aliphatic heterocycles. The van der Waals surface area contributed by atoms with E-state index in [9.17, 15) is 21.2 Å². The fourth-order valence-corrected chi connectivity index (χ4v) is 5.16. The molecule has 34 heavy (non-hydrogen) atoms. The first-order chi connectivity index (χ1) is 16.0. The molecule has 4 rings (SSSR count). The molecule has 0 radical (unpaired) electrons. The van der Waals surface area contributed by atoms with Gasteiger partial charge in [0.15, 0.2) is 19.7 Å². The van der Waals surface area contributed by atoms with Gasteiger partial charge in [-0.2, -0.15) is 0 Å². The van der Waals surface area contributed by atoms with Crippen LogP contribution in [0, 0.1) is 5.82 Å². The van der Waals surface area contributed by atoms with Crippen LogP contribution < -0.4 is 5.32 Å². The maximum atomic E-state index is 14.6. The first-order valence-electron chi connectivity index (χ1n) is 10.4. The minimum Gasteiger partial charge on any atom is -0.381 e. The number of hydrogen-bond acceptors (Lipinski definition) is 6. The summed E-state index contributed by atoms with van der Waals surface area (Å²) in [6, 6.07) is 18.2. The van der Waals surface area contributed by atoms with Crippen molar-refractivity contribution in [3.8, 4) is 11.1 Å². The van der Waals surface area contributed by atoms with Crippen LogP contribution in [0.25, 0.3) is 22.0 Å². The Kier molecular flexibility index (Phi) is 6.42. The second-order valence-electron chi connectivity index (χ2n) is 8.24. The van der Waals surface area contributed by atoms with Crippen LogP contribution in [0.4, 0.5) is 10.1 Å². The summed E-state index contributed by atoms with van der Waals surface area (Å²) in [5, 5.41) is 3.91. The van der Waals surface area contributed by atoms with Gasteiger partial charge in [0.25, 0.3) is 0 Å². The fourth-order valence-electron chi connectivity index (χ4n) is 3.76. The van der Waals surface area contributed by atoms with Crippen LogP contribution >= 0.6 is 0 Å². The number of aromatic nitrogens is 1. The van der Waals surface area contributed by atoms with E-state index in [2.05, 4.69) is 10.3 Å². The van der Waals surface area contributed by atoms with Crippen molar-refractivity contribution in [3.63, 3.8) is 0 Å². The summed E-state index contributed by atoms with van der Waals surface area (Å²) in [5.41, 5.74) is 3.82. The van der Waals surface area contributed by atoms with Crippen LogP contribution in [0.2, 0.25) is 0 Å². The van der Waals surface area contributed by atoms with Gasteiger partial charge in [-0.05, 0) is 65.7 Å². The Morgan fingerprint density at radius 2 is 1.65 bits per heavy atom. The van der Waals surface area contributed by atoms with Gasteiger partial charge in [-0.1, -0.05) is 12.1 Å². The standard InChI is InChI=1S/C25H23FN2O4S2/c1-33(29,30)16-17-12-19-4-3-11-27-25(19)23(13-17)18-5-10-24(26)20(14-18)15-28-21-6-8-22(9-7-21)34(2,31)32/h3-14,28H,15-16H2,1-2H3. The number of halogens is 1. The van der Waals surface area contributed by atoms with Crippen molar-refractivity contribution in [2.75, 3.05) is 17.8 Å². The highest BCUT2D eigenvalue weighted by molar-refractivity contribution is 7.90. The lowest BCUT2D eigenvalue weighted by molar-refractivity contribution is 0.599. The Bertz CT molecular complexity index is 1580. The van der Waals surface area contributed by atoms with E-state index in [0.29, 0.717) is 27.9 Å². The SMILES string of the molecule is CS(=O)(=O)Cc1cc(-c2ccc(F)c(CNc3ccc(S(C)(=O)=O)cc3)c2)c2ncccc2c1. The summed E-state index contributed by atoms with van der Waals surface area (Å²) in [6.45, 7) is 0.173. The Labute approximate surface area is 198 Å². The molecule has 0 aliphatic rings. The zero-order valence-corrected chi connectivity index (χ0v) is 20.3. The molecule has 0 saturated heterocycles. The molecule has 176 valence electrons. The summed E-state index contributed by atoms with van der Waals surface area (Å²) in [4.78, 5) is 4.67. The second kappa shape index (κ2) is 9.15. The van der Waals surface area contributed by atoms with Crippen LogP contribution in [0.5, 0.6) is 0 Å².